The Balaban J connectivity index is 1.57. The molecule has 0 atom stereocenters. The summed E-state index contributed by atoms with van der Waals surface area (Å²) in [4.78, 5) is 9.57. The van der Waals surface area contributed by atoms with Crippen molar-refractivity contribution in [3.63, 3.8) is 0 Å². The van der Waals surface area contributed by atoms with E-state index in [1.165, 1.54) is 12.1 Å². The number of hydrogen-bond acceptors (Lipinski definition) is 6. The molecule has 3 aromatic rings. The molecule has 0 bridgehead atoms. The number of aromatic nitrogens is 2. The number of hydrogen-bond donors (Lipinski definition) is 3. The fourth-order valence-corrected chi connectivity index (χ4v) is 3.16. The molecule has 2 aromatic carbocycles. The first-order valence-electron chi connectivity index (χ1n) is 8.30. The van der Waals surface area contributed by atoms with E-state index in [-0.39, 0.29) is 17.4 Å². The van der Waals surface area contributed by atoms with Gasteiger partial charge in [0.05, 0.1) is 4.90 Å². The van der Waals surface area contributed by atoms with Crippen LogP contribution in [0.3, 0.4) is 0 Å². The van der Waals surface area contributed by atoms with E-state index in [9.17, 15) is 21.6 Å². The monoisotopic (exact) mass is 423 g/mol. The molecule has 0 fully saturated rings. The van der Waals surface area contributed by atoms with E-state index < -0.39 is 21.9 Å². The number of nitrogens with zero attached hydrogens (tertiary/aromatic N) is 2. The Hall–Kier alpha value is -3.18. The van der Waals surface area contributed by atoms with Crippen molar-refractivity contribution in [1.29, 1.82) is 0 Å². The number of alkyl halides is 3. The summed E-state index contributed by atoms with van der Waals surface area (Å²) in [5.74, 6) is -0.141. The van der Waals surface area contributed by atoms with E-state index in [0.29, 0.717) is 5.69 Å². The number of benzene rings is 2. The summed E-state index contributed by atoms with van der Waals surface area (Å²) in [6.07, 6.45) is -3.51. The second-order valence-corrected chi connectivity index (χ2v) is 7.54. The van der Waals surface area contributed by atoms with Gasteiger partial charge in [-0.1, -0.05) is 30.3 Å². The standard InChI is InChI=1S/C18H16F3N5O2S/c19-18(20,21)16-10-11-22-17(24-16)23-12-13-6-8-14(9-7-13)25-26-29(27,28)15-4-2-1-3-5-15/h1-11,25-26H,12H2,(H,22,23,24). The van der Waals surface area contributed by atoms with Crippen molar-refractivity contribution in [2.45, 2.75) is 17.6 Å². The van der Waals surface area contributed by atoms with Crippen LogP contribution in [-0.4, -0.2) is 18.4 Å². The van der Waals surface area contributed by atoms with E-state index in [1.54, 1.807) is 42.5 Å². The molecule has 0 spiro atoms. The largest absolute Gasteiger partial charge is 0.433 e. The Bertz CT molecular complexity index is 1060. The number of rotatable bonds is 7. The molecule has 11 heteroatoms. The van der Waals surface area contributed by atoms with Crippen LogP contribution in [-0.2, 0) is 22.7 Å². The molecular formula is C18H16F3N5O2S. The molecule has 3 rings (SSSR count). The lowest BCUT2D eigenvalue weighted by atomic mass is 10.2. The topological polar surface area (TPSA) is 96.0 Å². The van der Waals surface area contributed by atoms with Crippen molar-refractivity contribution in [3.8, 4) is 0 Å². The van der Waals surface area contributed by atoms with Gasteiger partial charge in [-0.25, -0.2) is 18.4 Å². The van der Waals surface area contributed by atoms with Crippen LogP contribution in [0.25, 0.3) is 0 Å². The van der Waals surface area contributed by atoms with Gasteiger partial charge in [-0.3, -0.25) is 0 Å². The summed E-state index contributed by atoms with van der Waals surface area (Å²) < 4.78 is 62.3. The lowest BCUT2D eigenvalue weighted by Gasteiger charge is -2.11. The van der Waals surface area contributed by atoms with Crippen molar-refractivity contribution in [1.82, 2.24) is 14.8 Å². The highest BCUT2D eigenvalue weighted by molar-refractivity contribution is 7.89. The molecule has 0 saturated heterocycles. The van der Waals surface area contributed by atoms with Gasteiger partial charge in [0, 0.05) is 18.4 Å². The zero-order valence-corrected chi connectivity index (χ0v) is 15.6. The molecule has 0 unspecified atom stereocenters. The lowest BCUT2D eigenvalue weighted by Crippen LogP contribution is -2.29. The summed E-state index contributed by atoms with van der Waals surface area (Å²) >= 11 is 0. The van der Waals surface area contributed by atoms with Crippen molar-refractivity contribution in [3.05, 3.63) is 78.1 Å². The molecule has 3 N–H and O–H groups in total. The molecular weight excluding hydrogens is 407 g/mol. The predicted molar refractivity (Wildman–Crippen MR) is 101 cm³/mol. The third-order valence-electron chi connectivity index (χ3n) is 3.73. The van der Waals surface area contributed by atoms with Crippen LogP contribution in [0.1, 0.15) is 11.3 Å². The van der Waals surface area contributed by atoms with Gasteiger partial charge in [-0.15, -0.1) is 4.83 Å². The summed E-state index contributed by atoms with van der Waals surface area (Å²) in [5, 5.41) is 2.72. The average molecular weight is 423 g/mol. The third kappa shape index (κ3) is 5.65. The van der Waals surface area contributed by atoms with Crippen LogP contribution in [0.15, 0.2) is 71.8 Å². The average Bonchev–Trinajstić information content (AvgIpc) is 2.72. The summed E-state index contributed by atoms with van der Waals surface area (Å²) in [6, 6.07) is 15.3. The normalized spacial score (nSPS) is 11.8. The highest BCUT2D eigenvalue weighted by Gasteiger charge is 2.32. The third-order valence-corrected chi connectivity index (χ3v) is 5.00. The summed E-state index contributed by atoms with van der Waals surface area (Å²) in [6.45, 7) is 0.192. The molecule has 1 aromatic heterocycles. The number of sulfonamides is 1. The first-order valence-corrected chi connectivity index (χ1v) is 9.78. The van der Waals surface area contributed by atoms with E-state index in [1.807, 2.05) is 0 Å². The first-order chi connectivity index (χ1) is 13.7. The lowest BCUT2D eigenvalue weighted by molar-refractivity contribution is -0.141. The number of nitrogens with one attached hydrogen (secondary N) is 3. The highest BCUT2D eigenvalue weighted by atomic mass is 32.2. The zero-order chi connectivity index (χ0) is 20.9. The maximum atomic E-state index is 12.7. The van der Waals surface area contributed by atoms with E-state index in [0.717, 1.165) is 17.8 Å². The number of anilines is 2. The Morgan fingerprint density at radius 2 is 1.62 bits per heavy atom. The van der Waals surface area contributed by atoms with Gasteiger partial charge < -0.3 is 10.7 Å². The van der Waals surface area contributed by atoms with Crippen LogP contribution >= 0.6 is 0 Å². The van der Waals surface area contributed by atoms with Crippen molar-refractivity contribution in [2.75, 3.05) is 10.7 Å². The predicted octanol–water partition coefficient (Wildman–Crippen LogP) is 3.41. The number of hydrazine groups is 1. The van der Waals surface area contributed by atoms with Crippen molar-refractivity contribution in [2.24, 2.45) is 0 Å². The van der Waals surface area contributed by atoms with Gasteiger partial charge in [0.1, 0.15) is 5.69 Å². The molecule has 0 amide bonds. The molecule has 0 saturated carbocycles. The minimum atomic E-state index is -4.54. The second-order valence-electron chi connectivity index (χ2n) is 5.86. The molecule has 0 radical (unpaired) electrons. The molecule has 7 nitrogen and oxygen atoms in total. The van der Waals surface area contributed by atoms with Crippen molar-refractivity contribution >= 4 is 21.7 Å². The van der Waals surface area contributed by atoms with Crippen LogP contribution in [0, 0.1) is 0 Å². The molecule has 0 aliphatic carbocycles. The SMILES string of the molecule is O=S(=O)(NNc1ccc(CNc2nccc(C(F)(F)F)n2)cc1)c1ccccc1. The van der Waals surface area contributed by atoms with E-state index in [4.69, 9.17) is 0 Å². The second kappa shape index (κ2) is 8.45. The molecule has 0 aliphatic heterocycles. The quantitative estimate of drug-likeness (QED) is 0.504. The fourth-order valence-electron chi connectivity index (χ4n) is 2.27. The van der Waals surface area contributed by atoms with E-state index >= 15 is 0 Å². The molecule has 1 heterocycles. The highest BCUT2D eigenvalue weighted by Crippen LogP contribution is 2.27. The maximum absolute atomic E-state index is 12.7. The van der Waals surface area contributed by atoms with Gasteiger partial charge in [-0.2, -0.15) is 13.2 Å². The minimum Gasteiger partial charge on any atom is -0.350 e. The van der Waals surface area contributed by atoms with Gasteiger partial charge in [0.15, 0.2) is 0 Å². The Kier molecular flexibility index (Phi) is 5.99. The molecule has 0 aliphatic rings. The van der Waals surface area contributed by atoms with Crippen LogP contribution < -0.4 is 15.6 Å². The first kappa shape index (κ1) is 20.6. The molecule has 152 valence electrons. The van der Waals surface area contributed by atoms with E-state index in [2.05, 4.69) is 25.5 Å². The van der Waals surface area contributed by atoms with Gasteiger partial charge in [0.25, 0.3) is 10.0 Å². The van der Waals surface area contributed by atoms with Gasteiger partial charge in [0.2, 0.25) is 5.95 Å². The minimum absolute atomic E-state index is 0.120. The Morgan fingerprint density at radius 1 is 0.931 bits per heavy atom. The zero-order valence-electron chi connectivity index (χ0n) is 14.8. The van der Waals surface area contributed by atoms with Crippen LogP contribution in [0.2, 0.25) is 0 Å². The van der Waals surface area contributed by atoms with Crippen LogP contribution in [0.5, 0.6) is 0 Å². The Labute approximate surface area is 165 Å². The summed E-state index contributed by atoms with van der Waals surface area (Å²) in [5.41, 5.74) is 2.80. The maximum Gasteiger partial charge on any atom is 0.433 e. The molecule has 29 heavy (non-hydrogen) atoms. The van der Waals surface area contributed by atoms with Gasteiger partial charge in [-0.05, 0) is 35.9 Å². The fraction of sp³-hybridized carbons (Fsp3) is 0.111. The van der Waals surface area contributed by atoms with Crippen LogP contribution in [0.4, 0.5) is 24.8 Å². The van der Waals surface area contributed by atoms with Gasteiger partial charge >= 0.3 is 6.18 Å². The summed E-state index contributed by atoms with van der Waals surface area (Å²) in [7, 11) is -3.71. The Morgan fingerprint density at radius 3 is 2.28 bits per heavy atom. The van der Waals surface area contributed by atoms with Crippen molar-refractivity contribution < 1.29 is 21.6 Å². The smallest absolute Gasteiger partial charge is 0.350 e. The number of halogens is 3.